The number of unbranched alkanes of at least 4 members (excludes halogenated alkanes) is 1. The summed E-state index contributed by atoms with van der Waals surface area (Å²) >= 11 is 0. The van der Waals surface area contributed by atoms with E-state index in [-0.39, 0.29) is 11.8 Å². The number of carbonyl (C=O) groups is 2. The molecule has 0 spiro atoms. The van der Waals surface area contributed by atoms with Crippen LogP contribution in [0.25, 0.3) is 0 Å². The summed E-state index contributed by atoms with van der Waals surface area (Å²) in [6, 6.07) is 7.55. The second-order valence-corrected chi connectivity index (χ2v) is 7.45. The molecule has 2 aromatic rings. The van der Waals surface area contributed by atoms with E-state index in [1.165, 1.54) is 0 Å². The summed E-state index contributed by atoms with van der Waals surface area (Å²) in [7, 11) is 3.42. The van der Waals surface area contributed by atoms with Crippen molar-refractivity contribution in [1.82, 2.24) is 19.8 Å². The van der Waals surface area contributed by atoms with Crippen LogP contribution < -0.4 is 10.1 Å². The van der Waals surface area contributed by atoms with Gasteiger partial charge in [-0.1, -0.05) is 25.5 Å². The van der Waals surface area contributed by atoms with Gasteiger partial charge in [0.15, 0.2) is 5.82 Å². The number of fused-ring (bicyclic) bond motifs is 1. The maximum atomic E-state index is 12.9. The van der Waals surface area contributed by atoms with E-state index in [2.05, 4.69) is 17.2 Å². The lowest BCUT2D eigenvalue weighted by Gasteiger charge is -2.19. The van der Waals surface area contributed by atoms with E-state index in [1.54, 1.807) is 19.1 Å². The third-order valence-electron chi connectivity index (χ3n) is 5.33. The summed E-state index contributed by atoms with van der Waals surface area (Å²) in [6.07, 6.45) is 4.76. The van der Waals surface area contributed by atoms with Crippen LogP contribution in [0.5, 0.6) is 5.75 Å². The van der Waals surface area contributed by atoms with Gasteiger partial charge in [-0.25, -0.2) is 4.98 Å². The van der Waals surface area contributed by atoms with Crippen molar-refractivity contribution in [3.63, 3.8) is 0 Å². The maximum absolute atomic E-state index is 12.9. The highest BCUT2D eigenvalue weighted by Gasteiger charge is 2.28. The minimum atomic E-state index is -0.251. The van der Waals surface area contributed by atoms with Crippen LogP contribution in [0.1, 0.15) is 65.0 Å². The quantitative estimate of drug-likeness (QED) is 0.742. The zero-order chi connectivity index (χ0) is 20.8. The van der Waals surface area contributed by atoms with Crippen molar-refractivity contribution in [3.05, 3.63) is 47.0 Å². The highest BCUT2D eigenvalue weighted by atomic mass is 16.5. The van der Waals surface area contributed by atoms with Gasteiger partial charge in [-0.05, 0) is 43.4 Å². The van der Waals surface area contributed by atoms with Gasteiger partial charge in [0.1, 0.15) is 11.4 Å². The Morgan fingerprint density at radius 3 is 2.69 bits per heavy atom. The van der Waals surface area contributed by atoms with Gasteiger partial charge in [0.05, 0.1) is 12.8 Å². The molecule has 29 heavy (non-hydrogen) atoms. The van der Waals surface area contributed by atoms with Gasteiger partial charge in [-0.2, -0.15) is 0 Å². The lowest BCUT2D eigenvalue weighted by molar-refractivity contribution is 0.0786. The van der Waals surface area contributed by atoms with E-state index in [1.807, 2.05) is 28.8 Å². The van der Waals surface area contributed by atoms with Gasteiger partial charge in [0.2, 0.25) is 0 Å². The van der Waals surface area contributed by atoms with Crippen molar-refractivity contribution >= 4 is 11.8 Å². The summed E-state index contributed by atoms with van der Waals surface area (Å²) in [4.78, 5) is 32.0. The van der Waals surface area contributed by atoms with Crippen molar-refractivity contribution in [3.8, 4) is 5.75 Å². The smallest absolute Gasteiger partial charge is 0.287 e. The number of nitrogens with one attached hydrogen (secondary N) is 1. The predicted octanol–water partition coefficient (Wildman–Crippen LogP) is 3.03. The van der Waals surface area contributed by atoms with Crippen molar-refractivity contribution in [2.24, 2.45) is 0 Å². The summed E-state index contributed by atoms with van der Waals surface area (Å²) in [5.41, 5.74) is 2.29. The molecule has 0 radical (unpaired) electrons. The Hall–Kier alpha value is -2.83. The van der Waals surface area contributed by atoms with Crippen LogP contribution in [-0.4, -0.2) is 47.0 Å². The highest BCUT2D eigenvalue weighted by molar-refractivity contribution is 5.97. The molecule has 156 valence electrons. The molecule has 7 nitrogen and oxygen atoms in total. The van der Waals surface area contributed by atoms with Gasteiger partial charge in [-0.15, -0.1) is 0 Å². The van der Waals surface area contributed by atoms with Crippen LogP contribution in [0.15, 0.2) is 24.3 Å². The van der Waals surface area contributed by atoms with Crippen LogP contribution in [-0.2, 0) is 19.5 Å². The topological polar surface area (TPSA) is 76.5 Å². The summed E-state index contributed by atoms with van der Waals surface area (Å²) in [6.45, 7) is 3.91. The van der Waals surface area contributed by atoms with Crippen molar-refractivity contribution in [2.75, 3.05) is 20.7 Å². The number of hydrogen-bond acceptors (Lipinski definition) is 4. The third-order valence-corrected chi connectivity index (χ3v) is 5.33. The first-order valence-electron chi connectivity index (χ1n) is 10.3. The number of benzene rings is 1. The average molecular weight is 399 g/mol. The zero-order valence-corrected chi connectivity index (χ0v) is 17.5. The van der Waals surface area contributed by atoms with E-state index < -0.39 is 0 Å². The molecule has 2 heterocycles. The molecule has 3 rings (SSSR count). The molecule has 0 aliphatic carbocycles. The Balaban J connectivity index is 1.76. The highest BCUT2D eigenvalue weighted by Crippen LogP contribution is 2.22. The van der Waals surface area contributed by atoms with E-state index in [0.717, 1.165) is 55.7 Å². The number of ether oxygens (including phenoxy) is 1. The molecule has 1 aliphatic heterocycles. The van der Waals surface area contributed by atoms with Crippen LogP contribution in [0.3, 0.4) is 0 Å². The molecular weight excluding hydrogens is 368 g/mol. The Bertz CT molecular complexity index is 858. The van der Waals surface area contributed by atoms with Crippen molar-refractivity contribution in [2.45, 2.75) is 52.1 Å². The van der Waals surface area contributed by atoms with Gasteiger partial charge >= 0.3 is 0 Å². The van der Waals surface area contributed by atoms with Gasteiger partial charge in [0.25, 0.3) is 11.8 Å². The number of rotatable bonds is 8. The lowest BCUT2D eigenvalue weighted by Crippen LogP contribution is -2.29. The minimum absolute atomic E-state index is 0.0988. The monoisotopic (exact) mass is 398 g/mol. The first-order chi connectivity index (χ1) is 14.0. The fourth-order valence-electron chi connectivity index (χ4n) is 3.57. The van der Waals surface area contributed by atoms with E-state index in [4.69, 9.17) is 4.74 Å². The average Bonchev–Trinajstić information content (AvgIpc) is 3.15. The molecule has 1 N–H and O–H groups in total. The Kier molecular flexibility index (Phi) is 6.90. The third kappa shape index (κ3) is 4.78. The molecule has 1 aromatic carbocycles. The fraction of sp³-hybridized carbons (Fsp3) is 0.500. The first kappa shape index (κ1) is 20.9. The minimum Gasteiger partial charge on any atom is -0.497 e. The molecule has 0 unspecified atom stereocenters. The second kappa shape index (κ2) is 9.58. The molecule has 0 saturated carbocycles. The Morgan fingerprint density at radius 1 is 1.24 bits per heavy atom. The van der Waals surface area contributed by atoms with E-state index in [9.17, 15) is 9.59 Å². The fourth-order valence-corrected chi connectivity index (χ4v) is 3.57. The van der Waals surface area contributed by atoms with E-state index >= 15 is 0 Å². The SMILES string of the molecule is CCCCN(C)C(=O)c1nc(C(=O)NCc2ccc(OC)cc2)n2c1CCCC2. The molecule has 7 heteroatoms. The number of carbonyl (C=O) groups excluding carboxylic acids is 2. The number of aromatic nitrogens is 2. The molecule has 0 bridgehead atoms. The van der Waals surface area contributed by atoms with Crippen LogP contribution in [0.4, 0.5) is 0 Å². The maximum Gasteiger partial charge on any atom is 0.287 e. The predicted molar refractivity (Wildman–Crippen MR) is 111 cm³/mol. The first-order valence-corrected chi connectivity index (χ1v) is 10.3. The largest absolute Gasteiger partial charge is 0.497 e. The van der Waals surface area contributed by atoms with E-state index in [0.29, 0.717) is 24.6 Å². The van der Waals surface area contributed by atoms with Crippen LogP contribution in [0.2, 0.25) is 0 Å². The zero-order valence-electron chi connectivity index (χ0n) is 17.5. The standard InChI is InChI=1S/C22H30N4O3/c1-4-5-13-25(2)22(28)19-18-8-6-7-14-26(18)20(24-19)21(27)23-15-16-9-11-17(29-3)12-10-16/h9-12H,4-8,13-15H2,1-3H3,(H,23,27). The van der Waals surface area contributed by atoms with Crippen molar-refractivity contribution < 1.29 is 14.3 Å². The molecule has 0 saturated heterocycles. The second-order valence-electron chi connectivity index (χ2n) is 7.45. The van der Waals surface area contributed by atoms with Crippen LogP contribution >= 0.6 is 0 Å². The molecule has 1 aliphatic rings. The van der Waals surface area contributed by atoms with Crippen molar-refractivity contribution in [1.29, 1.82) is 0 Å². The normalized spacial score (nSPS) is 12.9. The Morgan fingerprint density at radius 2 is 2.00 bits per heavy atom. The number of amides is 2. The number of nitrogens with zero attached hydrogens (tertiary/aromatic N) is 3. The number of methoxy groups -OCH3 is 1. The summed E-state index contributed by atoms with van der Waals surface area (Å²) in [5.74, 6) is 0.760. The van der Waals surface area contributed by atoms with Gasteiger partial charge < -0.3 is 19.5 Å². The molecular formula is C22H30N4O3. The van der Waals surface area contributed by atoms with Gasteiger partial charge in [-0.3, -0.25) is 9.59 Å². The van der Waals surface area contributed by atoms with Crippen LogP contribution in [0, 0.1) is 0 Å². The molecule has 0 fully saturated rings. The Labute approximate surface area is 172 Å². The van der Waals surface area contributed by atoms with Gasteiger partial charge in [0, 0.05) is 26.7 Å². The lowest BCUT2D eigenvalue weighted by atomic mass is 10.1. The number of hydrogen-bond donors (Lipinski definition) is 1. The molecule has 2 amide bonds. The molecule has 1 aromatic heterocycles. The summed E-state index contributed by atoms with van der Waals surface area (Å²) < 4.78 is 7.08. The molecule has 0 atom stereocenters. The summed E-state index contributed by atoms with van der Waals surface area (Å²) in [5, 5.41) is 2.93. The number of imidazole rings is 1.